The fourth-order valence-corrected chi connectivity index (χ4v) is 2.64. The summed E-state index contributed by atoms with van der Waals surface area (Å²) in [6.45, 7) is 12.0. The number of hydrogen-bond acceptors (Lipinski definition) is 3. The van der Waals surface area contributed by atoms with Gasteiger partial charge in [0.1, 0.15) is 5.75 Å². The van der Waals surface area contributed by atoms with Gasteiger partial charge in [0.2, 0.25) is 0 Å². The number of amides is 3. The largest absolute Gasteiger partial charge is 0.491 e. The zero-order valence-electron chi connectivity index (χ0n) is 15.8. The maximum Gasteiger partial charge on any atom is 0.317 e. The van der Waals surface area contributed by atoms with E-state index in [9.17, 15) is 9.59 Å². The number of piperazine rings is 1. The van der Waals surface area contributed by atoms with Crippen LogP contribution in [0.5, 0.6) is 5.75 Å². The van der Waals surface area contributed by atoms with Gasteiger partial charge in [-0.05, 0) is 58.9 Å². The molecule has 0 aromatic heterocycles. The van der Waals surface area contributed by atoms with Crippen molar-refractivity contribution in [2.24, 2.45) is 0 Å². The Morgan fingerprint density at radius 3 is 2.00 bits per heavy atom. The third-order valence-corrected chi connectivity index (χ3v) is 3.81. The minimum absolute atomic E-state index is 0.00743. The first-order valence-electron chi connectivity index (χ1n) is 8.79. The second kappa shape index (κ2) is 7.76. The average molecular weight is 347 g/mol. The molecular weight excluding hydrogens is 318 g/mol. The Morgan fingerprint density at radius 2 is 1.52 bits per heavy atom. The van der Waals surface area contributed by atoms with Crippen LogP contribution in [0.1, 0.15) is 45.0 Å². The summed E-state index contributed by atoms with van der Waals surface area (Å²) in [5, 5.41) is 2.96. The summed E-state index contributed by atoms with van der Waals surface area (Å²) >= 11 is 0. The molecule has 2 rings (SSSR count). The molecule has 0 aliphatic carbocycles. The van der Waals surface area contributed by atoms with Crippen LogP contribution in [0.3, 0.4) is 0 Å². The smallest absolute Gasteiger partial charge is 0.317 e. The van der Waals surface area contributed by atoms with E-state index in [4.69, 9.17) is 4.74 Å². The summed E-state index contributed by atoms with van der Waals surface area (Å²) in [7, 11) is 0. The molecule has 0 spiro atoms. The van der Waals surface area contributed by atoms with Crippen LogP contribution in [0, 0.1) is 0 Å². The number of nitrogens with zero attached hydrogens (tertiary/aromatic N) is 2. The van der Waals surface area contributed by atoms with Crippen molar-refractivity contribution in [3.8, 4) is 5.75 Å². The summed E-state index contributed by atoms with van der Waals surface area (Å²) in [5.74, 6) is 0.752. The number of nitrogens with one attached hydrogen (secondary N) is 1. The molecule has 1 N–H and O–H groups in total. The lowest BCUT2D eigenvalue weighted by Gasteiger charge is -2.36. The molecule has 1 aromatic carbocycles. The molecule has 1 aromatic rings. The van der Waals surface area contributed by atoms with Crippen LogP contribution < -0.4 is 10.1 Å². The van der Waals surface area contributed by atoms with Gasteiger partial charge in [-0.1, -0.05) is 0 Å². The maximum absolute atomic E-state index is 12.6. The van der Waals surface area contributed by atoms with Crippen molar-refractivity contribution in [1.29, 1.82) is 0 Å². The van der Waals surface area contributed by atoms with Crippen molar-refractivity contribution >= 4 is 11.9 Å². The van der Waals surface area contributed by atoms with Gasteiger partial charge in [0.15, 0.2) is 0 Å². The molecule has 1 heterocycles. The van der Waals surface area contributed by atoms with Gasteiger partial charge in [-0.15, -0.1) is 0 Å². The van der Waals surface area contributed by atoms with E-state index in [1.807, 2.05) is 46.8 Å². The minimum Gasteiger partial charge on any atom is -0.491 e. The third kappa shape index (κ3) is 5.66. The summed E-state index contributed by atoms with van der Waals surface area (Å²) in [6.07, 6.45) is 0.105. The van der Waals surface area contributed by atoms with Gasteiger partial charge in [0, 0.05) is 37.3 Å². The van der Waals surface area contributed by atoms with Gasteiger partial charge in [0.25, 0.3) is 5.91 Å². The van der Waals surface area contributed by atoms with Crippen molar-refractivity contribution in [3.63, 3.8) is 0 Å². The molecule has 138 valence electrons. The Morgan fingerprint density at radius 1 is 1.00 bits per heavy atom. The van der Waals surface area contributed by atoms with E-state index in [-0.39, 0.29) is 23.6 Å². The van der Waals surface area contributed by atoms with E-state index < -0.39 is 0 Å². The Balaban J connectivity index is 1.89. The van der Waals surface area contributed by atoms with E-state index in [1.165, 1.54) is 0 Å². The molecule has 0 unspecified atom stereocenters. The quantitative estimate of drug-likeness (QED) is 0.914. The van der Waals surface area contributed by atoms with Crippen LogP contribution in [0.2, 0.25) is 0 Å². The molecule has 1 fully saturated rings. The summed E-state index contributed by atoms with van der Waals surface area (Å²) in [6, 6.07) is 7.15. The second-order valence-electron chi connectivity index (χ2n) is 7.65. The summed E-state index contributed by atoms with van der Waals surface area (Å²) in [5.41, 5.74) is 0.382. The average Bonchev–Trinajstić information content (AvgIpc) is 2.53. The van der Waals surface area contributed by atoms with Gasteiger partial charge in [-0.2, -0.15) is 0 Å². The molecule has 6 heteroatoms. The highest BCUT2D eigenvalue weighted by Gasteiger charge is 2.26. The van der Waals surface area contributed by atoms with Crippen LogP contribution >= 0.6 is 0 Å². The Bertz CT molecular complexity index is 597. The Labute approximate surface area is 150 Å². The highest BCUT2D eigenvalue weighted by molar-refractivity contribution is 5.94. The van der Waals surface area contributed by atoms with E-state index in [0.717, 1.165) is 5.75 Å². The van der Waals surface area contributed by atoms with Crippen molar-refractivity contribution < 1.29 is 14.3 Å². The predicted molar refractivity (Wildman–Crippen MR) is 98.0 cm³/mol. The van der Waals surface area contributed by atoms with Crippen LogP contribution in [0.15, 0.2) is 24.3 Å². The standard InChI is InChI=1S/C19H29N3O3/c1-14(2)25-16-8-6-15(7-9-16)17(23)21-10-12-22(13-11-21)18(24)20-19(3,4)5/h6-9,14H,10-13H2,1-5H3,(H,20,24). The molecule has 0 saturated carbocycles. The van der Waals surface area contributed by atoms with Gasteiger partial charge < -0.3 is 19.9 Å². The van der Waals surface area contributed by atoms with E-state index in [1.54, 1.807) is 21.9 Å². The van der Waals surface area contributed by atoms with Crippen LogP contribution in [0.4, 0.5) is 4.79 Å². The molecule has 0 radical (unpaired) electrons. The van der Waals surface area contributed by atoms with Crippen molar-refractivity contribution in [1.82, 2.24) is 15.1 Å². The fraction of sp³-hybridized carbons (Fsp3) is 0.579. The molecule has 1 saturated heterocycles. The van der Waals surface area contributed by atoms with Gasteiger partial charge in [-0.3, -0.25) is 4.79 Å². The summed E-state index contributed by atoms with van der Waals surface area (Å²) in [4.78, 5) is 28.3. The fourth-order valence-electron chi connectivity index (χ4n) is 2.64. The van der Waals surface area contributed by atoms with Crippen molar-refractivity contribution in [2.45, 2.75) is 46.3 Å². The summed E-state index contributed by atoms with van der Waals surface area (Å²) < 4.78 is 5.60. The SMILES string of the molecule is CC(C)Oc1ccc(C(=O)N2CCN(C(=O)NC(C)(C)C)CC2)cc1. The molecule has 3 amide bonds. The van der Waals surface area contributed by atoms with Crippen molar-refractivity contribution in [3.05, 3.63) is 29.8 Å². The van der Waals surface area contributed by atoms with E-state index in [2.05, 4.69) is 5.32 Å². The number of ether oxygens (including phenoxy) is 1. The first kappa shape index (κ1) is 19.1. The Hall–Kier alpha value is -2.24. The zero-order chi connectivity index (χ0) is 18.6. The number of hydrogen-bond donors (Lipinski definition) is 1. The normalized spacial score (nSPS) is 15.3. The maximum atomic E-state index is 12.6. The monoisotopic (exact) mass is 347 g/mol. The van der Waals surface area contributed by atoms with Crippen LogP contribution in [-0.2, 0) is 0 Å². The van der Waals surface area contributed by atoms with Crippen molar-refractivity contribution in [2.75, 3.05) is 26.2 Å². The first-order valence-corrected chi connectivity index (χ1v) is 8.79. The lowest BCUT2D eigenvalue weighted by Crippen LogP contribution is -2.56. The molecule has 1 aliphatic rings. The van der Waals surface area contributed by atoms with Crippen LogP contribution in [-0.4, -0.2) is 59.6 Å². The van der Waals surface area contributed by atoms with Gasteiger partial charge in [-0.25, -0.2) is 4.79 Å². The number of carbonyl (C=O) groups is 2. The number of urea groups is 1. The highest BCUT2D eigenvalue weighted by Crippen LogP contribution is 2.16. The minimum atomic E-state index is -0.260. The zero-order valence-corrected chi connectivity index (χ0v) is 15.8. The molecule has 25 heavy (non-hydrogen) atoms. The predicted octanol–water partition coefficient (Wildman–Crippen LogP) is 2.74. The van der Waals surface area contributed by atoms with Gasteiger partial charge >= 0.3 is 6.03 Å². The molecule has 6 nitrogen and oxygen atoms in total. The van der Waals surface area contributed by atoms with Gasteiger partial charge in [0.05, 0.1) is 6.10 Å². The topological polar surface area (TPSA) is 61.9 Å². The van der Waals surface area contributed by atoms with E-state index in [0.29, 0.717) is 31.7 Å². The third-order valence-electron chi connectivity index (χ3n) is 3.81. The Kier molecular flexibility index (Phi) is 5.93. The highest BCUT2D eigenvalue weighted by atomic mass is 16.5. The van der Waals surface area contributed by atoms with E-state index >= 15 is 0 Å². The molecule has 0 atom stereocenters. The van der Waals surface area contributed by atoms with Crippen LogP contribution in [0.25, 0.3) is 0 Å². The molecule has 1 aliphatic heterocycles. The number of rotatable bonds is 3. The number of carbonyl (C=O) groups excluding carboxylic acids is 2. The molecule has 0 bridgehead atoms. The number of benzene rings is 1. The second-order valence-corrected chi connectivity index (χ2v) is 7.65. The molecular formula is C19H29N3O3. The lowest BCUT2D eigenvalue weighted by molar-refractivity contribution is 0.0661. The first-order chi connectivity index (χ1) is 11.7. The lowest BCUT2D eigenvalue weighted by atomic mass is 10.1.